The Bertz CT molecular complexity index is 459. The Morgan fingerprint density at radius 3 is 2.55 bits per heavy atom. The summed E-state index contributed by atoms with van der Waals surface area (Å²) in [6.45, 7) is 3.76. The van der Waals surface area contributed by atoms with Gasteiger partial charge in [0.1, 0.15) is 5.02 Å². The standard InChI is InChI=1S/C14H24ClN5/c1-5-16-13-17-9-11(15)12(18-13)20(4)10-14(19(2)3)7-6-8-14/h9H,5-8,10H2,1-4H3,(H,16,17,18). The molecular formula is C14H24ClN5. The highest BCUT2D eigenvalue weighted by atomic mass is 35.5. The van der Waals surface area contributed by atoms with Crippen LogP contribution in [0.5, 0.6) is 0 Å². The van der Waals surface area contributed by atoms with Gasteiger partial charge in [0.15, 0.2) is 5.82 Å². The van der Waals surface area contributed by atoms with Gasteiger partial charge in [0.05, 0.1) is 6.20 Å². The second kappa shape index (κ2) is 6.14. The number of hydrogen-bond donors (Lipinski definition) is 1. The van der Waals surface area contributed by atoms with E-state index < -0.39 is 0 Å². The third kappa shape index (κ3) is 2.99. The van der Waals surface area contributed by atoms with Gasteiger partial charge in [0, 0.05) is 25.7 Å². The molecule has 20 heavy (non-hydrogen) atoms. The minimum atomic E-state index is 0.251. The monoisotopic (exact) mass is 297 g/mol. The quantitative estimate of drug-likeness (QED) is 0.874. The van der Waals surface area contributed by atoms with Gasteiger partial charge in [-0.3, -0.25) is 0 Å². The summed E-state index contributed by atoms with van der Waals surface area (Å²) in [5.74, 6) is 1.43. The zero-order valence-corrected chi connectivity index (χ0v) is 13.5. The summed E-state index contributed by atoms with van der Waals surface area (Å²) in [5, 5.41) is 3.73. The van der Waals surface area contributed by atoms with Gasteiger partial charge in [0.25, 0.3) is 0 Å². The maximum Gasteiger partial charge on any atom is 0.224 e. The van der Waals surface area contributed by atoms with Crippen molar-refractivity contribution >= 4 is 23.4 Å². The molecule has 1 heterocycles. The number of anilines is 2. The molecule has 1 aliphatic carbocycles. The van der Waals surface area contributed by atoms with Crippen LogP contribution in [0.1, 0.15) is 26.2 Å². The van der Waals surface area contributed by atoms with E-state index in [4.69, 9.17) is 11.6 Å². The van der Waals surface area contributed by atoms with Crippen LogP contribution in [-0.4, -0.2) is 54.6 Å². The second-order valence-electron chi connectivity index (χ2n) is 5.72. The van der Waals surface area contributed by atoms with E-state index >= 15 is 0 Å². The van der Waals surface area contributed by atoms with Gasteiger partial charge in [0.2, 0.25) is 5.95 Å². The highest BCUT2D eigenvalue weighted by molar-refractivity contribution is 6.32. The topological polar surface area (TPSA) is 44.3 Å². The molecule has 0 radical (unpaired) electrons. The molecule has 0 atom stereocenters. The first kappa shape index (κ1) is 15.3. The van der Waals surface area contributed by atoms with Gasteiger partial charge in [-0.05, 0) is 40.3 Å². The summed E-state index contributed by atoms with van der Waals surface area (Å²) in [6, 6.07) is 0. The number of hydrogen-bond acceptors (Lipinski definition) is 5. The van der Waals surface area contributed by atoms with Crippen LogP contribution < -0.4 is 10.2 Å². The molecule has 6 heteroatoms. The molecule has 0 amide bonds. The van der Waals surface area contributed by atoms with E-state index in [0.29, 0.717) is 11.0 Å². The van der Waals surface area contributed by atoms with Gasteiger partial charge in [-0.15, -0.1) is 0 Å². The third-order valence-electron chi connectivity index (χ3n) is 4.19. The summed E-state index contributed by atoms with van der Waals surface area (Å²) in [4.78, 5) is 13.2. The predicted molar refractivity (Wildman–Crippen MR) is 84.7 cm³/mol. The second-order valence-corrected chi connectivity index (χ2v) is 6.13. The molecule has 1 aromatic rings. The molecule has 0 spiro atoms. The maximum atomic E-state index is 6.25. The number of likely N-dealkylation sites (N-methyl/N-ethyl adjacent to an activating group) is 2. The smallest absolute Gasteiger partial charge is 0.224 e. The van der Waals surface area contributed by atoms with Gasteiger partial charge in [-0.25, -0.2) is 4.98 Å². The maximum absolute atomic E-state index is 6.25. The van der Waals surface area contributed by atoms with Crippen molar-refractivity contribution < 1.29 is 0 Å². The van der Waals surface area contributed by atoms with Crippen molar-refractivity contribution in [3.63, 3.8) is 0 Å². The van der Waals surface area contributed by atoms with E-state index in [1.54, 1.807) is 6.20 Å². The molecule has 1 N–H and O–H groups in total. The van der Waals surface area contributed by atoms with Gasteiger partial charge in [-0.1, -0.05) is 11.6 Å². The molecule has 0 aliphatic heterocycles. The van der Waals surface area contributed by atoms with Crippen LogP contribution in [0.25, 0.3) is 0 Å². The minimum Gasteiger partial charge on any atom is -0.356 e. The Labute approximate surface area is 126 Å². The normalized spacial score (nSPS) is 16.9. The van der Waals surface area contributed by atoms with Crippen LogP contribution in [0.2, 0.25) is 5.02 Å². The highest BCUT2D eigenvalue weighted by Gasteiger charge is 2.40. The number of aromatic nitrogens is 2. The van der Waals surface area contributed by atoms with Crippen LogP contribution in [0, 0.1) is 0 Å². The summed E-state index contributed by atoms with van der Waals surface area (Å²) in [7, 11) is 6.35. The number of nitrogens with zero attached hydrogens (tertiary/aromatic N) is 4. The Hall–Kier alpha value is -1.07. The first-order chi connectivity index (χ1) is 9.48. The average Bonchev–Trinajstić information content (AvgIpc) is 2.35. The highest BCUT2D eigenvalue weighted by Crippen LogP contribution is 2.38. The van der Waals surface area contributed by atoms with Crippen molar-refractivity contribution in [3.05, 3.63) is 11.2 Å². The van der Waals surface area contributed by atoms with Gasteiger partial charge < -0.3 is 15.1 Å². The van der Waals surface area contributed by atoms with E-state index in [1.807, 2.05) is 14.0 Å². The molecule has 0 unspecified atom stereocenters. The van der Waals surface area contributed by atoms with E-state index in [9.17, 15) is 0 Å². The first-order valence-corrected chi connectivity index (χ1v) is 7.51. The Morgan fingerprint density at radius 1 is 1.35 bits per heavy atom. The van der Waals surface area contributed by atoms with Crippen LogP contribution in [0.4, 0.5) is 11.8 Å². The molecule has 0 saturated heterocycles. The lowest BCUT2D eigenvalue weighted by Crippen LogP contribution is -2.56. The summed E-state index contributed by atoms with van der Waals surface area (Å²) in [6.07, 6.45) is 5.42. The van der Waals surface area contributed by atoms with E-state index in [1.165, 1.54) is 19.3 Å². The van der Waals surface area contributed by atoms with Crippen molar-refractivity contribution in [2.75, 3.05) is 44.4 Å². The lowest BCUT2D eigenvalue weighted by Gasteiger charge is -2.49. The lowest BCUT2D eigenvalue weighted by atomic mass is 9.75. The first-order valence-electron chi connectivity index (χ1n) is 7.13. The van der Waals surface area contributed by atoms with Crippen molar-refractivity contribution in [1.82, 2.24) is 14.9 Å². The van der Waals surface area contributed by atoms with Crippen molar-refractivity contribution in [2.24, 2.45) is 0 Å². The zero-order chi connectivity index (χ0) is 14.8. The molecule has 0 aromatic carbocycles. The predicted octanol–water partition coefficient (Wildman–Crippen LogP) is 2.48. The SMILES string of the molecule is CCNc1ncc(Cl)c(N(C)CC2(N(C)C)CCC2)n1. The van der Waals surface area contributed by atoms with E-state index in [-0.39, 0.29) is 5.54 Å². The lowest BCUT2D eigenvalue weighted by molar-refractivity contribution is 0.0682. The molecule has 5 nitrogen and oxygen atoms in total. The van der Waals surface area contributed by atoms with Crippen LogP contribution >= 0.6 is 11.6 Å². The zero-order valence-electron chi connectivity index (χ0n) is 12.8. The Kier molecular flexibility index (Phi) is 4.70. The molecule has 1 saturated carbocycles. The number of nitrogens with one attached hydrogen (secondary N) is 1. The van der Waals surface area contributed by atoms with Crippen molar-refractivity contribution in [2.45, 2.75) is 31.7 Å². The number of rotatable bonds is 6. The minimum absolute atomic E-state index is 0.251. The van der Waals surface area contributed by atoms with Gasteiger partial charge >= 0.3 is 0 Å². The molecule has 0 bridgehead atoms. The van der Waals surface area contributed by atoms with Gasteiger partial charge in [-0.2, -0.15) is 4.98 Å². The summed E-state index contributed by atoms with van der Waals surface area (Å²) >= 11 is 6.25. The molecule has 1 fully saturated rings. The van der Waals surface area contributed by atoms with E-state index in [2.05, 4.69) is 39.2 Å². The van der Waals surface area contributed by atoms with Crippen molar-refractivity contribution in [3.8, 4) is 0 Å². The Balaban J connectivity index is 2.16. The third-order valence-corrected chi connectivity index (χ3v) is 4.45. The van der Waals surface area contributed by atoms with Crippen LogP contribution in [-0.2, 0) is 0 Å². The molecule has 112 valence electrons. The fourth-order valence-corrected chi connectivity index (χ4v) is 2.95. The van der Waals surface area contributed by atoms with Crippen LogP contribution in [0.3, 0.4) is 0 Å². The fraction of sp³-hybridized carbons (Fsp3) is 0.714. The largest absolute Gasteiger partial charge is 0.356 e. The molecule has 1 aromatic heterocycles. The fourth-order valence-electron chi connectivity index (χ4n) is 2.72. The molecular weight excluding hydrogens is 274 g/mol. The average molecular weight is 298 g/mol. The molecule has 2 rings (SSSR count). The molecule has 1 aliphatic rings. The van der Waals surface area contributed by atoms with E-state index in [0.717, 1.165) is 18.9 Å². The summed E-state index contributed by atoms with van der Waals surface area (Å²) < 4.78 is 0. The van der Waals surface area contributed by atoms with Crippen molar-refractivity contribution in [1.29, 1.82) is 0 Å². The summed E-state index contributed by atoms with van der Waals surface area (Å²) in [5.41, 5.74) is 0.251. The number of halogens is 1. The van der Waals surface area contributed by atoms with Crippen LogP contribution in [0.15, 0.2) is 6.20 Å². The Morgan fingerprint density at radius 2 is 2.05 bits per heavy atom.